The molecule has 0 unspecified atom stereocenters. The first-order chi connectivity index (χ1) is 12.6. The third-order valence-corrected chi connectivity index (χ3v) is 5.94. The van der Waals surface area contributed by atoms with Crippen molar-refractivity contribution in [2.24, 2.45) is 7.05 Å². The van der Waals surface area contributed by atoms with Crippen LogP contribution in [0.2, 0.25) is 5.02 Å². The van der Waals surface area contributed by atoms with Gasteiger partial charge in [-0.25, -0.2) is 4.98 Å². The van der Waals surface area contributed by atoms with E-state index in [2.05, 4.69) is 10.3 Å². The fourth-order valence-electron chi connectivity index (χ4n) is 2.95. The number of aryl methyl sites for hydroxylation is 1. The van der Waals surface area contributed by atoms with Crippen LogP contribution in [0, 0.1) is 0 Å². The number of imidazole rings is 1. The zero-order valence-electron chi connectivity index (χ0n) is 14.0. The predicted octanol–water partition coefficient (Wildman–Crippen LogP) is 4.81. The van der Waals surface area contributed by atoms with Crippen LogP contribution >= 0.6 is 22.9 Å². The average Bonchev–Trinajstić information content (AvgIpc) is 3.24. The van der Waals surface area contributed by atoms with Gasteiger partial charge in [0, 0.05) is 29.5 Å². The van der Waals surface area contributed by atoms with Crippen molar-refractivity contribution < 1.29 is 4.79 Å². The van der Waals surface area contributed by atoms with Gasteiger partial charge in [0.15, 0.2) is 0 Å². The van der Waals surface area contributed by atoms with Crippen molar-refractivity contribution in [3.05, 3.63) is 88.3 Å². The molecule has 0 aliphatic carbocycles. The van der Waals surface area contributed by atoms with Crippen molar-refractivity contribution in [3.63, 3.8) is 0 Å². The van der Waals surface area contributed by atoms with Crippen molar-refractivity contribution in [1.82, 2.24) is 14.9 Å². The van der Waals surface area contributed by atoms with E-state index < -0.39 is 0 Å². The van der Waals surface area contributed by atoms with E-state index in [9.17, 15) is 4.79 Å². The summed E-state index contributed by atoms with van der Waals surface area (Å²) in [6.07, 6.45) is 3.59. The minimum Gasteiger partial charge on any atom is -0.337 e. The third-order valence-electron chi connectivity index (χ3n) is 4.27. The largest absolute Gasteiger partial charge is 0.337 e. The van der Waals surface area contributed by atoms with Gasteiger partial charge in [0.2, 0.25) is 0 Å². The number of aromatic nitrogens is 2. The lowest BCUT2D eigenvalue weighted by Gasteiger charge is -2.19. The fourth-order valence-corrected chi connectivity index (χ4v) is 4.37. The van der Waals surface area contributed by atoms with Gasteiger partial charge >= 0.3 is 0 Å². The lowest BCUT2D eigenvalue weighted by molar-refractivity contribution is 0.0945. The molecule has 2 aromatic carbocycles. The number of nitrogens with zero attached hydrogens (tertiary/aromatic N) is 2. The number of fused-ring (bicyclic) bond motifs is 1. The molecule has 0 spiro atoms. The summed E-state index contributed by atoms with van der Waals surface area (Å²) in [6.45, 7) is 0. The Balaban J connectivity index is 1.72. The molecule has 4 rings (SSSR count). The van der Waals surface area contributed by atoms with E-state index in [4.69, 9.17) is 11.6 Å². The first kappa shape index (κ1) is 16.8. The standard InChI is InChI=1S/C20H16ClN3OS/c1-24-12-11-22-19(24)17(13-7-3-2-4-8-13)23-20(25)18-16(21)14-9-5-6-10-15(14)26-18/h2-12,17H,1H3,(H,23,25)/t17-/m0/s1. The summed E-state index contributed by atoms with van der Waals surface area (Å²) >= 11 is 7.87. The van der Waals surface area contributed by atoms with Gasteiger partial charge in [-0.1, -0.05) is 60.1 Å². The molecule has 6 heteroatoms. The Bertz CT molecular complexity index is 1070. The first-order valence-electron chi connectivity index (χ1n) is 8.15. The van der Waals surface area contributed by atoms with E-state index in [0.29, 0.717) is 9.90 Å². The molecule has 1 N–H and O–H groups in total. The summed E-state index contributed by atoms with van der Waals surface area (Å²) in [4.78, 5) is 17.9. The molecule has 2 aromatic heterocycles. The SMILES string of the molecule is Cn1ccnc1[C@@H](NC(=O)c1sc2ccccc2c1Cl)c1ccccc1. The summed E-state index contributed by atoms with van der Waals surface area (Å²) < 4.78 is 2.90. The minimum absolute atomic E-state index is 0.201. The van der Waals surface area contributed by atoms with E-state index in [1.54, 1.807) is 6.20 Å². The van der Waals surface area contributed by atoms with Gasteiger partial charge in [-0.2, -0.15) is 0 Å². The molecule has 4 nitrogen and oxygen atoms in total. The van der Waals surface area contributed by atoms with Crippen LogP contribution in [0.3, 0.4) is 0 Å². The Labute approximate surface area is 160 Å². The molecule has 4 aromatic rings. The summed E-state index contributed by atoms with van der Waals surface area (Å²) in [5.41, 5.74) is 0.965. The lowest BCUT2D eigenvalue weighted by Crippen LogP contribution is -2.30. The second-order valence-corrected chi connectivity index (χ2v) is 7.38. The molecular formula is C20H16ClN3OS. The highest BCUT2D eigenvalue weighted by Crippen LogP contribution is 2.35. The van der Waals surface area contributed by atoms with Crippen LogP contribution in [0.1, 0.15) is 27.1 Å². The number of hydrogen-bond acceptors (Lipinski definition) is 3. The Kier molecular flexibility index (Phi) is 4.49. The van der Waals surface area contributed by atoms with Gasteiger partial charge in [0.1, 0.15) is 16.7 Å². The number of amides is 1. The maximum atomic E-state index is 13.0. The molecule has 0 radical (unpaired) electrons. The maximum absolute atomic E-state index is 13.0. The summed E-state index contributed by atoms with van der Waals surface area (Å²) in [5, 5.41) is 4.49. The van der Waals surface area contributed by atoms with Crippen LogP contribution in [0.4, 0.5) is 0 Å². The highest BCUT2D eigenvalue weighted by atomic mass is 35.5. The van der Waals surface area contributed by atoms with Crippen LogP contribution in [0.5, 0.6) is 0 Å². The molecule has 2 heterocycles. The van der Waals surface area contributed by atoms with Crippen molar-refractivity contribution in [2.45, 2.75) is 6.04 Å². The highest BCUT2D eigenvalue weighted by molar-refractivity contribution is 7.21. The van der Waals surface area contributed by atoms with Crippen molar-refractivity contribution >= 4 is 38.9 Å². The number of carbonyl (C=O) groups excluding carboxylic acids is 1. The van der Waals surface area contributed by atoms with E-state index in [0.717, 1.165) is 21.5 Å². The average molecular weight is 382 g/mol. The number of benzene rings is 2. The van der Waals surface area contributed by atoms with Gasteiger partial charge in [-0.05, 0) is 11.6 Å². The van der Waals surface area contributed by atoms with Gasteiger partial charge < -0.3 is 9.88 Å². The smallest absolute Gasteiger partial charge is 0.263 e. The molecule has 0 fully saturated rings. The molecule has 1 amide bonds. The Hall–Kier alpha value is -2.63. The van der Waals surface area contributed by atoms with E-state index in [1.807, 2.05) is 72.4 Å². The van der Waals surface area contributed by atoms with Crippen LogP contribution in [0.15, 0.2) is 67.0 Å². The number of thiophene rings is 1. The van der Waals surface area contributed by atoms with Gasteiger partial charge in [0.05, 0.1) is 5.02 Å². The normalized spacial score (nSPS) is 12.2. The zero-order chi connectivity index (χ0) is 18.1. The third kappa shape index (κ3) is 3.00. The second-order valence-electron chi connectivity index (χ2n) is 5.95. The number of carbonyl (C=O) groups is 1. The molecule has 130 valence electrons. The quantitative estimate of drug-likeness (QED) is 0.551. The number of nitrogens with one attached hydrogen (secondary N) is 1. The maximum Gasteiger partial charge on any atom is 0.263 e. The minimum atomic E-state index is -0.357. The topological polar surface area (TPSA) is 46.9 Å². The van der Waals surface area contributed by atoms with E-state index in [1.165, 1.54) is 11.3 Å². The Morgan fingerprint density at radius 1 is 1.15 bits per heavy atom. The lowest BCUT2D eigenvalue weighted by atomic mass is 10.1. The molecule has 1 atom stereocenters. The van der Waals surface area contributed by atoms with Crippen molar-refractivity contribution in [2.75, 3.05) is 0 Å². The monoisotopic (exact) mass is 381 g/mol. The Morgan fingerprint density at radius 2 is 1.88 bits per heavy atom. The Morgan fingerprint density at radius 3 is 2.58 bits per heavy atom. The predicted molar refractivity (Wildman–Crippen MR) is 106 cm³/mol. The highest BCUT2D eigenvalue weighted by Gasteiger charge is 2.24. The molecule has 0 saturated carbocycles. The van der Waals surface area contributed by atoms with Gasteiger partial charge in [-0.3, -0.25) is 4.79 Å². The summed E-state index contributed by atoms with van der Waals surface area (Å²) in [6, 6.07) is 17.2. The van der Waals surface area contributed by atoms with Gasteiger partial charge in [0.25, 0.3) is 5.91 Å². The summed E-state index contributed by atoms with van der Waals surface area (Å²) in [7, 11) is 1.91. The second kappa shape index (κ2) is 6.94. The molecule has 0 saturated heterocycles. The van der Waals surface area contributed by atoms with Crippen LogP contribution in [0.25, 0.3) is 10.1 Å². The molecule has 0 bridgehead atoms. The van der Waals surface area contributed by atoms with Crippen molar-refractivity contribution in [1.29, 1.82) is 0 Å². The molecular weight excluding hydrogens is 366 g/mol. The molecule has 26 heavy (non-hydrogen) atoms. The van der Waals surface area contributed by atoms with Crippen LogP contribution in [-0.4, -0.2) is 15.5 Å². The van der Waals surface area contributed by atoms with Crippen molar-refractivity contribution in [3.8, 4) is 0 Å². The van der Waals surface area contributed by atoms with E-state index >= 15 is 0 Å². The van der Waals surface area contributed by atoms with Crippen LogP contribution < -0.4 is 5.32 Å². The number of rotatable bonds is 4. The number of halogens is 1. The number of hydrogen-bond donors (Lipinski definition) is 1. The molecule has 0 aliphatic rings. The fraction of sp³-hybridized carbons (Fsp3) is 0.100. The van der Waals surface area contributed by atoms with Crippen LogP contribution in [-0.2, 0) is 7.05 Å². The van der Waals surface area contributed by atoms with Gasteiger partial charge in [-0.15, -0.1) is 11.3 Å². The molecule has 0 aliphatic heterocycles. The summed E-state index contributed by atoms with van der Waals surface area (Å²) in [5.74, 6) is 0.565. The zero-order valence-corrected chi connectivity index (χ0v) is 15.6. The first-order valence-corrected chi connectivity index (χ1v) is 9.34. The van der Waals surface area contributed by atoms with E-state index in [-0.39, 0.29) is 11.9 Å².